The van der Waals surface area contributed by atoms with Crippen LogP contribution >= 0.6 is 0 Å². The molecular formula is C24H30N2O3. The lowest BCUT2D eigenvalue weighted by molar-refractivity contribution is -0.128. The van der Waals surface area contributed by atoms with Crippen molar-refractivity contribution in [1.82, 2.24) is 5.32 Å². The summed E-state index contributed by atoms with van der Waals surface area (Å²) in [5, 5.41) is 6.00. The molecule has 0 spiro atoms. The summed E-state index contributed by atoms with van der Waals surface area (Å²) in [6.07, 6.45) is 2.66. The smallest absolute Gasteiger partial charge is 0.261 e. The largest absolute Gasteiger partial charge is 0.480 e. The third-order valence-corrected chi connectivity index (χ3v) is 5.87. The van der Waals surface area contributed by atoms with E-state index in [0.717, 1.165) is 12.8 Å². The van der Waals surface area contributed by atoms with Gasteiger partial charge in [0, 0.05) is 11.7 Å². The molecular weight excluding hydrogens is 364 g/mol. The van der Waals surface area contributed by atoms with Gasteiger partial charge in [-0.2, -0.15) is 0 Å². The molecule has 0 aromatic heterocycles. The Kier molecular flexibility index (Phi) is 6.91. The lowest BCUT2D eigenvalue weighted by atomic mass is 9.78. The minimum atomic E-state index is -0.690. The van der Waals surface area contributed by atoms with Crippen LogP contribution in [0.15, 0.2) is 54.6 Å². The fraction of sp³-hybridized carbons (Fsp3) is 0.417. The van der Waals surface area contributed by atoms with Crippen LogP contribution in [0.3, 0.4) is 0 Å². The van der Waals surface area contributed by atoms with Gasteiger partial charge in [-0.25, -0.2) is 0 Å². The van der Waals surface area contributed by atoms with E-state index in [-0.39, 0.29) is 17.9 Å². The summed E-state index contributed by atoms with van der Waals surface area (Å²) in [5.74, 6) is 1.04. The number of ether oxygens (including phenoxy) is 1. The molecule has 0 saturated heterocycles. The molecule has 0 aliphatic heterocycles. The number of hydrogen-bond donors (Lipinski definition) is 2. The molecule has 0 unspecified atom stereocenters. The minimum Gasteiger partial charge on any atom is -0.480 e. The average Bonchev–Trinajstić information content (AvgIpc) is 2.72. The molecule has 29 heavy (non-hydrogen) atoms. The van der Waals surface area contributed by atoms with Crippen LogP contribution in [0.25, 0.3) is 0 Å². The molecule has 2 N–H and O–H groups in total. The van der Waals surface area contributed by atoms with Gasteiger partial charge >= 0.3 is 0 Å². The molecule has 154 valence electrons. The standard InChI is InChI=1S/C24H30N2O3/c1-16-10-9-14-21(17(16)2)26-23(27)18(3)29-22-15-8-7-13-20(22)24(28)25-19-11-5-4-6-12-19/h4-8,11-13,15-18,21H,9-10,14H2,1-3H3,(H,25,28)(H,26,27)/t16-,17+,18+,21-/m0/s1. The van der Waals surface area contributed by atoms with Crippen LogP contribution in [-0.4, -0.2) is 24.0 Å². The summed E-state index contributed by atoms with van der Waals surface area (Å²) < 4.78 is 5.90. The van der Waals surface area contributed by atoms with Crippen LogP contribution in [0.4, 0.5) is 5.69 Å². The van der Waals surface area contributed by atoms with E-state index in [9.17, 15) is 9.59 Å². The van der Waals surface area contributed by atoms with Crippen molar-refractivity contribution in [2.45, 2.75) is 52.2 Å². The predicted molar refractivity (Wildman–Crippen MR) is 115 cm³/mol. The Morgan fingerprint density at radius 1 is 1.00 bits per heavy atom. The van der Waals surface area contributed by atoms with E-state index in [0.29, 0.717) is 28.8 Å². The second-order valence-electron chi connectivity index (χ2n) is 7.96. The molecule has 1 saturated carbocycles. The van der Waals surface area contributed by atoms with E-state index in [1.807, 2.05) is 30.3 Å². The van der Waals surface area contributed by atoms with Crippen LogP contribution in [0.1, 0.15) is 50.4 Å². The number of amides is 2. The molecule has 4 atom stereocenters. The van der Waals surface area contributed by atoms with E-state index in [2.05, 4.69) is 24.5 Å². The summed E-state index contributed by atoms with van der Waals surface area (Å²) in [4.78, 5) is 25.4. The number of carbonyl (C=O) groups excluding carboxylic acids is 2. The van der Waals surface area contributed by atoms with Crippen molar-refractivity contribution < 1.29 is 14.3 Å². The normalized spacial score (nSPS) is 22.4. The molecule has 5 heteroatoms. The van der Waals surface area contributed by atoms with Gasteiger partial charge in [-0.15, -0.1) is 0 Å². The molecule has 2 aromatic rings. The monoisotopic (exact) mass is 394 g/mol. The number of anilines is 1. The maximum Gasteiger partial charge on any atom is 0.261 e. The van der Waals surface area contributed by atoms with Crippen molar-refractivity contribution in [3.63, 3.8) is 0 Å². The second kappa shape index (κ2) is 9.59. The van der Waals surface area contributed by atoms with Crippen molar-refractivity contribution >= 4 is 17.5 Å². The van der Waals surface area contributed by atoms with E-state index in [4.69, 9.17) is 4.74 Å². The Hall–Kier alpha value is -2.82. The van der Waals surface area contributed by atoms with E-state index in [1.54, 1.807) is 31.2 Å². The zero-order valence-electron chi connectivity index (χ0n) is 17.4. The minimum absolute atomic E-state index is 0.144. The lowest BCUT2D eigenvalue weighted by Gasteiger charge is -2.35. The highest BCUT2D eigenvalue weighted by Gasteiger charge is 2.30. The number of para-hydroxylation sites is 2. The van der Waals surface area contributed by atoms with E-state index >= 15 is 0 Å². The Labute approximate surface area is 172 Å². The lowest BCUT2D eigenvalue weighted by Crippen LogP contribution is -2.48. The second-order valence-corrected chi connectivity index (χ2v) is 7.96. The quantitative estimate of drug-likeness (QED) is 0.750. The first kappa shape index (κ1) is 20.9. The first-order chi connectivity index (χ1) is 14.0. The highest BCUT2D eigenvalue weighted by Crippen LogP contribution is 2.29. The summed E-state index contributed by atoms with van der Waals surface area (Å²) in [6, 6.07) is 16.4. The fourth-order valence-electron chi connectivity index (χ4n) is 3.81. The van der Waals surface area contributed by atoms with Crippen LogP contribution in [0.2, 0.25) is 0 Å². The topological polar surface area (TPSA) is 67.4 Å². The zero-order chi connectivity index (χ0) is 20.8. The van der Waals surface area contributed by atoms with Crippen molar-refractivity contribution in [3.05, 3.63) is 60.2 Å². The predicted octanol–water partition coefficient (Wildman–Crippen LogP) is 4.65. The van der Waals surface area contributed by atoms with Gasteiger partial charge in [-0.05, 0) is 49.4 Å². The molecule has 2 aromatic carbocycles. The third kappa shape index (κ3) is 5.37. The molecule has 2 amide bonds. The first-order valence-electron chi connectivity index (χ1n) is 10.4. The Balaban J connectivity index is 1.65. The van der Waals surface area contributed by atoms with E-state index < -0.39 is 6.10 Å². The molecule has 0 radical (unpaired) electrons. The average molecular weight is 395 g/mol. The first-order valence-corrected chi connectivity index (χ1v) is 10.4. The molecule has 0 bridgehead atoms. The maximum absolute atomic E-state index is 12.7. The molecule has 3 rings (SSSR count). The third-order valence-electron chi connectivity index (χ3n) is 5.87. The summed E-state index contributed by atoms with van der Waals surface area (Å²) in [6.45, 7) is 6.16. The fourth-order valence-corrected chi connectivity index (χ4v) is 3.81. The van der Waals surface area contributed by atoms with Gasteiger partial charge in [0.25, 0.3) is 11.8 Å². The highest BCUT2D eigenvalue weighted by molar-refractivity contribution is 6.06. The number of rotatable bonds is 6. The summed E-state index contributed by atoms with van der Waals surface area (Å²) >= 11 is 0. The van der Waals surface area contributed by atoms with Crippen molar-refractivity contribution in [2.24, 2.45) is 11.8 Å². The molecule has 5 nitrogen and oxygen atoms in total. The molecule has 1 fully saturated rings. The zero-order valence-corrected chi connectivity index (χ0v) is 17.4. The van der Waals surface area contributed by atoms with Crippen molar-refractivity contribution in [1.29, 1.82) is 0 Å². The number of carbonyl (C=O) groups is 2. The Morgan fingerprint density at radius 3 is 2.45 bits per heavy atom. The van der Waals surface area contributed by atoms with Crippen molar-refractivity contribution in [2.75, 3.05) is 5.32 Å². The van der Waals surface area contributed by atoms with Gasteiger partial charge in [0.05, 0.1) is 5.56 Å². The van der Waals surface area contributed by atoms with Gasteiger partial charge in [-0.3, -0.25) is 9.59 Å². The van der Waals surface area contributed by atoms with Gasteiger partial charge in [0.2, 0.25) is 0 Å². The van der Waals surface area contributed by atoms with Gasteiger partial charge in [0.15, 0.2) is 6.10 Å². The summed E-state index contributed by atoms with van der Waals surface area (Å²) in [5.41, 5.74) is 1.11. The molecule has 1 aliphatic rings. The van der Waals surface area contributed by atoms with Crippen LogP contribution in [-0.2, 0) is 4.79 Å². The SMILES string of the molecule is C[C@H]1[C@@H](NC(=O)[C@@H](C)Oc2ccccc2C(=O)Nc2ccccc2)CCC[C@@H]1C. The Morgan fingerprint density at radius 2 is 1.69 bits per heavy atom. The van der Waals surface area contributed by atoms with E-state index in [1.165, 1.54) is 6.42 Å². The van der Waals surface area contributed by atoms with Gasteiger partial charge in [0.1, 0.15) is 5.75 Å². The van der Waals surface area contributed by atoms with Crippen LogP contribution in [0.5, 0.6) is 5.75 Å². The van der Waals surface area contributed by atoms with Crippen LogP contribution < -0.4 is 15.4 Å². The molecule has 0 heterocycles. The summed E-state index contributed by atoms with van der Waals surface area (Å²) in [7, 11) is 0. The Bertz CT molecular complexity index is 837. The maximum atomic E-state index is 12.7. The molecule has 1 aliphatic carbocycles. The number of hydrogen-bond acceptors (Lipinski definition) is 3. The number of nitrogens with one attached hydrogen (secondary N) is 2. The number of benzene rings is 2. The van der Waals surface area contributed by atoms with Crippen molar-refractivity contribution in [3.8, 4) is 5.75 Å². The highest BCUT2D eigenvalue weighted by atomic mass is 16.5. The van der Waals surface area contributed by atoms with Crippen LogP contribution in [0, 0.1) is 11.8 Å². The van der Waals surface area contributed by atoms with Gasteiger partial charge in [-0.1, -0.05) is 57.0 Å². The van der Waals surface area contributed by atoms with Gasteiger partial charge < -0.3 is 15.4 Å².